The zero-order valence-corrected chi connectivity index (χ0v) is 19.0. The minimum Gasteiger partial charge on any atom is -0.461 e. The van der Waals surface area contributed by atoms with E-state index in [1.54, 1.807) is 5.56 Å². The molecule has 0 aliphatic heterocycles. The third-order valence-corrected chi connectivity index (χ3v) is 6.35. The van der Waals surface area contributed by atoms with Crippen molar-refractivity contribution in [1.29, 1.82) is 0 Å². The average molecular weight is 387 g/mol. The molecule has 2 nitrogen and oxygen atoms in total. The van der Waals surface area contributed by atoms with Crippen LogP contribution in [-0.4, -0.2) is 12.1 Å². The van der Waals surface area contributed by atoms with Crippen LogP contribution in [0.25, 0.3) is 0 Å². The van der Waals surface area contributed by atoms with Gasteiger partial charge in [-0.25, -0.2) is 0 Å². The van der Waals surface area contributed by atoms with Gasteiger partial charge in [-0.1, -0.05) is 52.2 Å². The van der Waals surface area contributed by atoms with E-state index in [2.05, 4.69) is 46.8 Å². The summed E-state index contributed by atoms with van der Waals surface area (Å²) in [5, 5.41) is 0. The molecule has 1 saturated carbocycles. The molecule has 1 aromatic carbocycles. The standard InChI is InChI=1S/C26H42O2/c1-21-19-24(13-9-7-11-15-26(16-17-26)28-20-27)22(2)18-23(21)12-8-6-10-14-25(3,4)5/h18-20H,6-17H2,1-5H3. The van der Waals surface area contributed by atoms with Crippen molar-refractivity contribution in [3.8, 4) is 0 Å². The molecule has 2 heteroatoms. The highest BCUT2D eigenvalue weighted by Gasteiger charge is 2.44. The number of ether oxygens (including phenoxy) is 1. The second kappa shape index (κ2) is 10.5. The number of unbranched alkanes of at least 4 members (excludes halogenated alkanes) is 4. The van der Waals surface area contributed by atoms with E-state index in [4.69, 9.17) is 4.74 Å². The highest BCUT2D eigenvalue weighted by molar-refractivity contribution is 5.39. The summed E-state index contributed by atoms with van der Waals surface area (Å²) in [6.45, 7) is 12.2. The van der Waals surface area contributed by atoms with Crippen LogP contribution in [0.4, 0.5) is 0 Å². The molecule has 0 N–H and O–H groups in total. The summed E-state index contributed by atoms with van der Waals surface area (Å²) in [7, 11) is 0. The van der Waals surface area contributed by atoms with E-state index in [9.17, 15) is 4.79 Å². The van der Waals surface area contributed by atoms with Crippen molar-refractivity contribution in [3.63, 3.8) is 0 Å². The maximum atomic E-state index is 10.5. The van der Waals surface area contributed by atoms with Gasteiger partial charge in [-0.05, 0) is 99.3 Å². The second-order valence-corrected chi connectivity index (χ2v) is 10.3. The monoisotopic (exact) mass is 386 g/mol. The molecule has 0 bridgehead atoms. The molecule has 2 rings (SSSR count). The third kappa shape index (κ3) is 7.97. The SMILES string of the molecule is Cc1cc(CCCCCC2(OC=O)CC2)c(C)cc1CCCCCC(C)(C)C. The van der Waals surface area contributed by atoms with Crippen molar-refractivity contribution < 1.29 is 9.53 Å². The van der Waals surface area contributed by atoms with Crippen LogP contribution in [0.1, 0.15) is 107 Å². The van der Waals surface area contributed by atoms with Gasteiger partial charge in [0.25, 0.3) is 6.47 Å². The van der Waals surface area contributed by atoms with Crippen LogP contribution in [0.15, 0.2) is 12.1 Å². The van der Waals surface area contributed by atoms with Crippen molar-refractivity contribution in [2.24, 2.45) is 5.41 Å². The van der Waals surface area contributed by atoms with Gasteiger partial charge in [-0.3, -0.25) is 4.79 Å². The topological polar surface area (TPSA) is 26.3 Å². The Morgan fingerprint density at radius 3 is 1.89 bits per heavy atom. The van der Waals surface area contributed by atoms with Gasteiger partial charge in [0.1, 0.15) is 5.60 Å². The number of hydrogen-bond donors (Lipinski definition) is 0. The lowest BCUT2D eigenvalue weighted by molar-refractivity contribution is -0.135. The molecule has 28 heavy (non-hydrogen) atoms. The Labute approximate surface area is 173 Å². The summed E-state index contributed by atoms with van der Waals surface area (Å²) in [6, 6.07) is 4.86. The maximum absolute atomic E-state index is 10.5. The van der Waals surface area contributed by atoms with Crippen LogP contribution in [0.2, 0.25) is 0 Å². The number of benzene rings is 1. The predicted molar refractivity (Wildman–Crippen MR) is 119 cm³/mol. The van der Waals surface area contributed by atoms with Crippen molar-refractivity contribution in [2.45, 2.75) is 117 Å². The van der Waals surface area contributed by atoms with E-state index in [0.29, 0.717) is 11.9 Å². The average Bonchev–Trinajstić information content (AvgIpc) is 3.37. The summed E-state index contributed by atoms with van der Waals surface area (Å²) < 4.78 is 5.24. The molecule has 1 aromatic rings. The van der Waals surface area contributed by atoms with Gasteiger partial charge in [0.2, 0.25) is 0 Å². The van der Waals surface area contributed by atoms with E-state index in [1.165, 1.54) is 74.5 Å². The van der Waals surface area contributed by atoms with Crippen LogP contribution in [0, 0.1) is 19.3 Å². The summed E-state index contributed by atoms with van der Waals surface area (Å²) in [5.74, 6) is 0. The minimum atomic E-state index is -0.0806. The predicted octanol–water partition coefficient (Wildman–Crippen LogP) is 7.26. The number of aryl methyl sites for hydroxylation is 4. The van der Waals surface area contributed by atoms with E-state index in [-0.39, 0.29) is 5.60 Å². The molecule has 158 valence electrons. The Balaban J connectivity index is 1.69. The second-order valence-electron chi connectivity index (χ2n) is 10.3. The van der Waals surface area contributed by atoms with Crippen LogP contribution >= 0.6 is 0 Å². The van der Waals surface area contributed by atoms with E-state index >= 15 is 0 Å². The quantitative estimate of drug-likeness (QED) is 0.263. The van der Waals surface area contributed by atoms with Crippen LogP contribution < -0.4 is 0 Å². The van der Waals surface area contributed by atoms with Crippen molar-refractivity contribution in [2.75, 3.05) is 0 Å². The zero-order chi connectivity index (χ0) is 20.6. The van der Waals surface area contributed by atoms with E-state index in [0.717, 1.165) is 19.3 Å². The van der Waals surface area contributed by atoms with Gasteiger partial charge in [-0.2, -0.15) is 0 Å². The molecule has 1 aliphatic rings. The fraction of sp³-hybridized carbons (Fsp3) is 0.731. The first-order chi connectivity index (χ1) is 13.2. The van der Waals surface area contributed by atoms with Crippen molar-refractivity contribution in [3.05, 3.63) is 34.4 Å². The molecular weight excluding hydrogens is 344 g/mol. The molecule has 0 amide bonds. The maximum Gasteiger partial charge on any atom is 0.293 e. The lowest BCUT2D eigenvalue weighted by Gasteiger charge is -2.17. The number of carbonyl (C=O) groups is 1. The molecule has 0 unspecified atom stereocenters. The van der Waals surface area contributed by atoms with E-state index < -0.39 is 0 Å². The summed E-state index contributed by atoms with van der Waals surface area (Å²) in [6.07, 6.45) is 14.5. The van der Waals surface area contributed by atoms with Gasteiger partial charge < -0.3 is 4.74 Å². The smallest absolute Gasteiger partial charge is 0.293 e. The molecule has 0 radical (unpaired) electrons. The van der Waals surface area contributed by atoms with Gasteiger partial charge in [-0.15, -0.1) is 0 Å². The zero-order valence-electron chi connectivity index (χ0n) is 19.0. The first-order valence-electron chi connectivity index (χ1n) is 11.5. The fourth-order valence-corrected chi connectivity index (χ4v) is 4.23. The molecule has 0 atom stereocenters. The normalized spacial score (nSPS) is 15.5. The molecule has 0 spiro atoms. The Bertz CT molecular complexity index is 620. The largest absolute Gasteiger partial charge is 0.461 e. The molecule has 1 aliphatic carbocycles. The summed E-state index contributed by atoms with van der Waals surface area (Å²) in [4.78, 5) is 10.5. The van der Waals surface area contributed by atoms with Gasteiger partial charge in [0, 0.05) is 0 Å². The van der Waals surface area contributed by atoms with Gasteiger partial charge in [0.15, 0.2) is 0 Å². The van der Waals surface area contributed by atoms with Crippen molar-refractivity contribution in [1.82, 2.24) is 0 Å². The number of rotatable bonds is 13. The Hall–Kier alpha value is -1.31. The number of hydrogen-bond acceptors (Lipinski definition) is 2. The minimum absolute atomic E-state index is 0.0806. The highest BCUT2D eigenvalue weighted by atomic mass is 16.5. The molecule has 1 fully saturated rings. The third-order valence-electron chi connectivity index (χ3n) is 6.35. The molecule has 0 heterocycles. The van der Waals surface area contributed by atoms with Crippen LogP contribution in [0.3, 0.4) is 0 Å². The fourth-order valence-electron chi connectivity index (χ4n) is 4.23. The molecular formula is C26H42O2. The molecule has 0 aromatic heterocycles. The Morgan fingerprint density at radius 1 is 0.893 bits per heavy atom. The van der Waals surface area contributed by atoms with Crippen molar-refractivity contribution >= 4 is 6.47 Å². The van der Waals surface area contributed by atoms with Gasteiger partial charge >= 0.3 is 0 Å². The number of carbonyl (C=O) groups excluding carboxylic acids is 1. The van der Waals surface area contributed by atoms with Crippen LogP contribution in [-0.2, 0) is 22.4 Å². The lowest BCUT2D eigenvalue weighted by Crippen LogP contribution is -2.12. The lowest BCUT2D eigenvalue weighted by atomic mass is 9.88. The molecule has 0 saturated heterocycles. The van der Waals surface area contributed by atoms with Crippen LogP contribution in [0.5, 0.6) is 0 Å². The van der Waals surface area contributed by atoms with E-state index in [1.807, 2.05) is 0 Å². The Kier molecular flexibility index (Phi) is 8.58. The first-order valence-corrected chi connectivity index (χ1v) is 11.5. The first kappa shape index (κ1) is 23.0. The summed E-state index contributed by atoms with van der Waals surface area (Å²) in [5.41, 5.74) is 6.36. The Morgan fingerprint density at radius 2 is 1.43 bits per heavy atom. The highest BCUT2D eigenvalue weighted by Crippen LogP contribution is 2.43. The summed E-state index contributed by atoms with van der Waals surface area (Å²) >= 11 is 0. The van der Waals surface area contributed by atoms with Gasteiger partial charge in [0.05, 0.1) is 0 Å².